The van der Waals surface area contributed by atoms with Crippen LogP contribution in [0.3, 0.4) is 0 Å². The molecule has 0 fully saturated rings. The second kappa shape index (κ2) is 7.81. The van der Waals surface area contributed by atoms with Gasteiger partial charge >= 0.3 is 0 Å². The van der Waals surface area contributed by atoms with E-state index in [0.29, 0.717) is 11.7 Å². The van der Waals surface area contributed by atoms with Crippen molar-refractivity contribution in [2.75, 3.05) is 6.61 Å². The van der Waals surface area contributed by atoms with Crippen LogP contribution < -0.4 is 10.1 Å². The van der Waals surface area contributed by atoms with E-state index in [1.54, 1.807) is 0 Å². The second-order valence-electron chi connectivity index (χ2n) is 5.92. The molecule has 1 aromatic rings. The van der Waals surface area contributed by atoms with Crippen LogP contribution in [0.25, 0.3) is 0 Å². The molecule has 0 heterocycles. The molecule has 1 amide bonds. The number of carbonyl (C=O) groups is 2. The zero-order valence-electron chi connectivity index (χ0n) is 13.5. The lowest BCUT2D eigenvalue weighted by atomic mass is 10.0. The first-order valence-electron chi connectivity index (χ1n) is 7.33. The van der Waals surface area contributed by atoms with E-state index in [4.69, 9.17) is 4.74 Å². The first kappa shape index (κ1) is 17.2. The minimum atomic E-state index is -0.455. The van der Waals surface area contributed by atoms with Crippen molar-refractivity contribution in [3.63, 3.8) is 0 Å². The van der Waals surface area contributed by atoms with Gasteiger partial charge in [-0.05, 0) is 36.5 Å². The number of benzene rings is 1. The molecule has 1 aromatic carbocycles. The molecule has 0 saturated carbocycles. The number of nitrogens with one attached hydrogen (secondary N) is 1. The fourth-order valence-corrected chi connectivity index (χ4v) is 2.07. The highest BCUT2D eigenvalue weighted by molar-refractivity contribution is 5.88. The Morgan fingerprint density at radius 2 is 1.86 bits per heavy atom. The van der Waals surface area contributed by atoms with Crippen LogP contribution in [-0.2, 0) is 9.59 Å². The third-order valence-electron chi connectivity index (χ3n) is 3.32. The summed E-state index contributed by atoms with van der Waals surface area (Å²) in [6.45, 7) is 9.41. The van der Waals surface area contributed by atoms with Crippen molar-refractivity contribution < 1.29 is 14.3 Å². The molecule has 0 aliphatic heterocycles. The smallest absolute Gasteiger partial charge is 0.258 e. The van der Waals surface area contributed by atoms with Crippen LogP contribution in [0, 0.1) is 5.92 Å². The first-order valence-corrected chi connectivity index (χ1v) is 7.33. The Morgan fingerprint density at radius 3 is 2.38 bits per heavy atom. The number of carbonyl (C=O) groups excluding carboxylic acids is 2. The number of ether oxygens (including phenoxy) is 1. The van der Waals surface area contributed by atoms with E-state index in [0.717, 1.165) is 5.56 Å². The van der Waals surface area contributed by atoms with Gasteiger partial charge in [-0.1, -0.05) is 39.8 Å². The third-order valence-corrected chi connectivity index (χ3v) is 3.32. The molecule has 116 valence electrons. The van der Waals surface area contributed by atoms with Crippen molar-refractivity contribution in [1.29, 1.82) is 0 Å². The average Bonchev–Trinajstić information content (AvgIpc) is 2.42. The number of hydrogen-bond acceptors (Lipinski definition) is 3. The van der Waals surface area contributed by atoms with E-state index in [-0.39, 0.29) is 24.2 Å². The van der Waals surface area contributed by atoms with Gasteiger partial charge in [-0.25, -0.2) is 0 Å². The lowest BCUT2D eigenvalue weighted by molar-refractivity contribution is -0.129. The van der Waals surface area contributed by atoms with Gasteiger partial charge in [0.25, 0.3) is 5.91 Å². The molecule has 4 nitrogen and oxygen atoms in total. The van der Waals surface area contributed by atoms with Gasteiger partial charge in [0, 0.05) is 0 Å². The molecule has 0 saturated heterocycles. The minimum Gasteiger partial charge on any atom is -0.484 e. The van der Waals surface area contributed by atoms with Crippen LogP contribution in [0.5, 0.6) is 5.75 Å². The van der Waals surface area contributed by atoms with E-state index >= 15 is 0 Å². The summed E-state index contributed by atoms with van der Waals surface area (Å²) in [4.78, 5) is 23.3. The Labute approximate surface area is 126 Å². The molecule has 0 aliphatic rings. The summed E-state index contributed by atoms with van der Waals surface area (Å²) < 4.78 is 5.50. The summed E-state index contributed by atoms with van der Waals surface area (Å²) in [6.07, 6.45) is 0. The van der Waals surface area contributed by atoms with Crippen molar-refractivity contribution in [2.24, 2.45) is 5.92 Å². The number of hydrogen-bond donors (Lipinski definition) is 1. The normalized spacial score (nSPS) is 12.3. The Balaban J connectivity index is 2.57. The molecule has 1 unspecified atom stereocenters. The zero-order chi connectivity index (χ0) is 16.0. The van der Waals surface area contributed by atoms with Crippen molar-refractivity contribution in [3.8, 4) is 5.75 Å². The van der Waals surface area contributed by atoms with Crippen molar-refractivity contribution >= 4 is 11.7 Å². The number of Topliss-reactive ketones (excluding diaryl/α,β-unsaturated/α-hetero) is 1. The SMILES string of the molecule is CC(=O)C(NC(=O)COc1cccc(C(C)C)c1)C(C)C. The summed E-state index contributed by atoms with van der Waals surface area (Å²) in [5.41, 5.74) is 1.16. The van der Waals surface area contributed by atoms with Crippen molar-refractivity contribution in [1.82, 2.24) is 5.32 Å². The lowest BCUT2D eigenvalue weighted by Gasteiger charge is -2.19. The molecular weight excluding hydrogens is 266 g/mol. The van der Waals surface area contributed by atoms with Gasteiger partial charge in [0.05, 0.1) is 6.04 Å². The molecule has 0 radical (unpaired) electrons. The number of rotatable bonds is 7. The molecule has 1 N–H and O–H groups in total. The highest BCUT2D eigenvalue weighted by atomic mass is 16.5. The maximum atomic E-state index is 11.9. The molecule has 1 rings (SSSR count). The highest BCUT2D eigenvalue weighted by Gasteiger charge is 2.20. The molecule has 0 bridgehead atoms. The van der Waals surface area contributed by atoms with E-state index in [2.05, 4.69) is 19.2 Å². The van der Waals surface area contributed by atoms with Crippen LogP contribution >= 0.6 is 0 Å². The van der Waals surface area contributed by atoms with Crippen LogP contribution in [0.15, 0.2) is 24.3 Å². The molecule has 1 atom stereocenters. The summed E-state index contributed by atoms with van der Waals surface area (Å²) in [5, 5.41) is 2.71. The van der Waals surface area contributed by atoms with Crippen LogP contribution in [-0.4, -0.2) is 24.3 Å². The predicted octanol–water partition coefficient (Wildman–Crippen LogP) is 2.92. The second-order valence-corrected chi connectivity index (χ2v) is 5.92. The summed E-state index contributed by atoms with van der Waals surface area (Å²) in [6, 6.07) is 7.24. The molecule has 0 spiro atoms. The summed E-state index contributed by atoms with van der Waals surface area (Å²) in [5.74, 6) is 0.820. The minimum absolute atomic E-state index is 0.0415. The van der Waals surface area contributed by atoms with Gasteiger partial charge in [-0.2, -0.15) is 0 Å². The summed E-state index contributed by atoms with van der Waals surface area (Å²) in [7, 11) is 0. The van der Waals surface area contributed by atoms with Crippen molar-refractivity contribution in [2.45, 2.75) is 46.6 Å². The van der Waals surface area contributed by atoms with Gasteiger partial charge < -0.3 is 10.1 Å². The average molecular weight is 291 g/mol. The van der Waals surface area contributed by atoms with Crippen LogP contribution in [0.2, 0.25) is 0 Å². The number of ketones is 1. The predicted molar refractivity (Wildman–Crippen MR) is 83.5 cm³/mol. The van der Waals surface area contributed by atoms with Gasteiger partial charge in [0.1, 0.15) is 5.75 Å². The zero-order valence-corrected chi connectivity index (χ0v) is 13.5. The quantitative estimate of drug-likeness (QED) is 0.840. The van der Waals surface area contributed by atoms with Gasteiger partial charge in [-0.3, -0.25) is 9.59 Å². The molecule has 4 heteroatoms. The fourth-order valence-electron chi connectivity index (χ4n) is 2.07. The topological polar surface area (TPSA) is 55.4 Å². The molecule has 0 aliphatic carbocycles. The van der Waals surface area contributed by atoms with Gasteiger partial charge in [0.2, 0.25) is 0 Å². The van der Waals surface area contributed by atoms with Crippen LogP contribution in [0.1, 0.15) is 46.1 Å². The molecule has 21 heavy (non-hydrogen) atoms. The standard InChI is InChI=1S/C17H25NO3/c1-11(2)14-7-6-8-15(9-14)21-10-16(20)18-17(12(3)4)13(5)19/h6-9,11-12,17H,10H2,1-5H3,(H,18,20). The van der Waals surface area contributed by atoms with Gasteiger partial charge in [0.15, 0.2) is 12.4 Å². The highest BCUT2D eigenvalue weighted by Crippen LogP contribution is 2.19. The van der Waals surface area contributed by atoms with Gasteiger partial charge in [-0.15, -0.1) is 0 Å². The molecule has 0 aromatic heterocycles. The third kappa shape index (κ3) is 5.58. The Kier molecular flexibility index (Phi) is 6.40. The van der Waals surface area contributed by atoms with E-state index in [1.807, 2.05) is 38.1 Å². The Morgan fingerprint density at radius 1 is 1.19 bits per heavy atom. The number of amides is 1. The van der Waals surface area contributed by atoms with E-state index in [1.165, 1.54) is 6.92 Å². The van der Waals surface area contributed by atoms with E-state index < -0.39 is 6.04 Å². The lowest BCUT2D eigenvalue weighted by Crippen LogP contribution is -2.45. The first-order chi connectivity index (χ1) is 9.81. The maximum absolute atomic E-state index is 11.9. The Hall–Kier alpha value is -1.84. The van der Waals surface area contributed by atoms with Crippen molar-refractivity contribution in [3.05, 3.63) is 29.8 Å². The largest absolute Gasteiger partial charge is 0.484 e. The monoisotopic (exact) mass is 291 g/mol. The van der Waals surface area contributed by atoms with Crippen LogP contribution in [0.4, 0.5) is 0 Å². The fraction of sp³-hybridized carbons (Fsp3) is 0.529. The summed E-state index contributed by atoms with van der Waals surface area (Å²) >= 11 is 0. The maximum Gasteiger partial charge on any atom is 0.258 e. The van der Waals surface area contributed by atoms with E-state index in [9.17, 15) is 9.59 Å². The Bertz CT molecular complexity index is 495. The molecular formula is C17H25NO3.